The van der Waals surface area contributed by atoms with Gasteiger partial charge in [0.1, 0.15) is 22.5 Å². The minimum Gasteiger partial charge on any atom is -0.507 e. The van der Waals surface area contributed by atoms with Crippen molar-refractivity contribution in [1.29, 1.82) is 0 Å². The zero-order chi connectivity index (χ0) is 17.5. The summed E-state index contributed by atoms with van der Waals surface area (Å²) in [4.78, 5) is 25.0. The van der Waals surface area contributed by atoms with Crippen molar-refractivity contribution in [2.75, 3.05) is 0 Å². The molecule has 0 radical (unpaired) electrons. The third-order valence-corrected chi connectivity index (χ3v) is 5.07. The Morgan fingerprint density at radius 3 is 2.36 bits per heavy atom. The van der Waals surface area contributed by atoms with Gasteiger partial charge in [-0.3, -0.25) is 0 Å². The Hall–Kier alpha value is -3.06. The van der Waals surface area contributed by atoms with Crippen LogP contribution in [0, 0.1) is 0 Å². The summed E-state index contributed by atoms with van der Waals surface area (Å²) in [5.74, 6) is -0.499. The highest BCUT2D eigenvalue weighted by Gasteiger charge is 2.25. The van der Waals surface area contributed by atoms with Crippen LogP contribution >= 0.6 is 15.9 Å². The second-order valence-corrected chi connectivity index (χ2v) is 6.56. The van der Waals surface area contributed by atoms with Crippen molar-refractivity contribution in [2.24, 2.45) is 0 Å². The standard InChI is InChI=1S/C18H7BrO6/c19-7-4-5-9-12-11(7)17(22)25-16-10-6(2-1-3-8(10)20)15(21)14(13(12)16)18(23)24-9/h1-5,20-21H. The summed E-state index contributed by atoms with van der Waals surface area (Å²) in [6.07, 6.45) is 0. The molecule has 0 bridgehead atoms. The highest BCUT2D eigenvalue weighted by molar-refractivity contribution is 9.10. The lowest BCUT2D eigenvalue weighted by Gasteiger charge is -2.13. The van der Waals surface area contributed by atoms with Gasteiger partial charge in [-0.05, 0) is 34.1 Å². The van der Waals surface area contributed by atoms with Crippen LogP contribution in [0.15, 0.2) is 53.2 Å². The van der Waals surface area contributed by atoms with Gasteiger partial charge >= 0.3 is 11.3 Å². The van der Waals surface area contributed by atoms with Crippen molar-refractivity contribution in [3.63, 3.8) is 0 Å². The number of phenols is 2. The van der Waals surface area contributed by atoms with Crippen molar-refractivity contribution in [2.45, 2.75) is 0 Å². The third-order valence-electron chi connectivity index (χ3n) is 4.41. The van der Waals surface area contributed by atoms with Gasteiger partial charge in [0.05, 0.1) is 10.8 Å². The van der Waals surface area contributed by atoms with Crippen LogP contribution < -0.4 is 11.3 Å². The van der Waals surface area contributed by atoms with Crippen molar-refractivity contribution >= 4 is 59.4 Å². The molecule has 3 aromatic carbocycles. The highest BCUT2D eigenvalue weighted by Crippen LogP contribution is 2.44. The van der Waals surface area contributed by atoms with Crippen molar-refractivity contribution in [3.8, 4) is 11.5 Å². The van der Waals surface area contributed by atoms with E-state index in [-0.39, 0.29) is 49.6 Å². The van der Waals surface area contributed by atoms with Gasteiger partial charge in [0.15, 0.2) is 5.58 Å². The zero-order valence-electron chi connectivity index (χ0n) is 12.3. The Kier molecular flexibility index (Phi) is 2.58. The van der Waals surface area contributed by atoms with Crippen LogP contribution in [-0.2, 0) is 0 Å². The predicted octanol–water partition coefficient (Wildman–Crippen LogP) is 3.82. The fourth-order valence-corrected chi connectivity index (χ4v) is 3.88. The first-order chi connectivity index (χ1) is 12.0. The molecule has 0 unspecified atom stereocenters. The van der Waals surface area contributed by atoms with Crippen LogP contribution in [0.4, 0.5) is 0 Å². The predicted molar refractivity (Wildman–Crippen MR) is 95.8 cm³/mol. The molecule has 2 aromatic heterocycles. The molecule has 7 heteroatoms. The molecule has 0 amide bonds. The van der Waals surface area contributed by atoms with E-state index in [2.05, 4.69) is 15.9 Å². The molecular formula is C18H7BrO6. The minimum atomic E-state index is -0.752. The monoisotopic (exact) mass is 398 g/mol. The van der Waals surface area contributed by atoms with E-state index in [1.54, 1.807) is 12.1 Å². The van der Waals surface area contributed by atoms with Crippen LogP contribution in [0.2, 0.25) is 0 Å². The van der Waals surface area contributed by atoms with Gasteiger partial charge in [-0.1, -0.05) is 12.1 Å². The molecular weight excluding hydrogens is 392 g/mol. The second-order valence-electron chi connectivity index (χ2n) is 5.70. The van der Waals surface area contributed by atoms with Gasteiger partial charge in [0, 0.05) is 20.6 Å². The molecule has 0 saturated carbocycles. The summed E-state index contributed by atoms with van der Waals surface area (Å²) in [5.41, 5.74) is -1.16. The zero-order valence-corrected chi connectivity index (χ0v) is 13.9. The van der Waals surface area contributed by atoms with E-state index >= 15 is 0 Å². The molecule has 0 atom stereocenters. The molecule has 5 aromatic rings. The fourth-order valence-electron chi connectivity index (χ4n) is 3.39. The molecule has 2 heterocycles. The SMILES string of the molecule is O=c1oc2c3c(O)cccc3c(O)c3c(=O)oc4ccc(Br)c1c4c32. The van der Waals surface area contributed by atoms with Gasteiger partial charge < -0.3 is 19.0 Å². The maximum Gasteiger partial charge on any atom is 0.348 e. The van der Waals surface area contributed by atoms with E-state index in [0.717, 1.165) is 0 Å². The Bertz CT molecular complexity index is 1460. The molecule has 6 nitrogen and oxygen atoms in total. The minimum absolute atomic E-state index is 0.0365. The van der Waals surface area contributed by atoms with Crippen LogP contribution in [0.25, 0.3) is 43.5 Å². The lowest BCUT2D eigenvalue weighted by molar-refractivity contribution is 0.475. The van der Waals surface area contributed by atoms with E-state index in [1.807, 2.05) is 0 Å². The summed E-state index contributed by atoms with van der Waals surface area (Å²) < 4.78 is 11.2. The van der Waals surface area contributed by atoms with Crippen molar-refractivity contribution < 1.29 is 19.0 Å². The van der Waals surface area contributed by atoms with E-state index in [0.29, 0.717) is 9.86 Å². The molecule has 0 aliphatic heterocycles. The van der Waals surface area contributed by atoms with Gasteiger partial charge in [-0.25, -0.2) is 9.59 Å². The smallest absolute Gasteiger partial charge is 0.348 e. The number of halogens is 1. The Morgan fingerprint density at radius 2 is 1.56 bits per heavy atom. The molecule has 0 fully saturated rings. The van der Waals surface area contributed by atoms with Crippen LogP contribution in [0.5, 0.6) is 11.5 Å². The van der Waals surface area contributed by atoms with Gasteiger partial charge in [-0.2, -0.15) is 0 Å². The lowest BCUT2D eigenvalue weighted by Crippen LogP contribution is -2.07. The summed E-state index contributed by atoms with van der Waals surface area (Å²) >= 11 is 3.30. The maximum absolute atomic E-state index is 12.5. The fraction of sp³-hybridized carbons (Fsp3) is 0. The van der Waals surface area contributed by atoms with Crippen LogP contribution in [-0.4, -0.2) is 10.2 Å². The maximum atomic E-state index is 12.5. The third kappa shape index (κ3) is 1.63. The average Bonchev–Trinajstić information content (AvgIpc) is 2.57. The topological polar surface area (TPSA) is 101 Å². The van der Waals surface area contributed by atoms with Crippen molar-refractivity contribution in [1.82, 2.24) is 0 Å². The normalized spacial score (nSPS) is 12.0. The summed E-state index contributed by atoms with van der Waals surface area (Å²) in [5, 5.41) is 22.0. The van der Waals surface area contributed by atoms with Gasteiger partial charge in [-0.15, -0.1) is 0 Å². The number of aromatic hydroxyl groups is 2. The molecule has 0 spiro atoms. The first kappa shape index (κ1) is 14.3. The average molecular weight is 399 g/mol. The number of hydrogen-bond acceptors (Lipinski definition) is 6. The second kappa shape index (κ2) is 4.52. The molecule has 5 rings (SSSR count). The summed E-state index contributed by atoms with van der Waals surface area (Å²) in [7, 11) is 0. The number of hydrogen-bond donors (Lipinski definition) is 2. The molecule has 25 heavy (non-hydrogen) atoms. The summed E-state index contributed by atoms with van der Waals surface area (Å²) in [6.45, 7) is 0. The first-order valence-electron chi connectivity index (χ1n) is 7.27. The van der Waals surface area contributed by atoms with Crippen LogP contribution in [0.1, 0.15) is 0 Å². The van der Waals surface area contributed by atoms with E-state index < -0.39 is 11.3 Å². The number of rotatable bonds is 0. The van der Waals surface area contributed by atoms with E-state index in [9.17, 15) is 19.8 Å². The molecule has 0 aliphatic rings. The molecule has 2 N–H and O–H groups in total. The number of phenolic OH excluding ortho intramolecular Hbond substituents is 2. The van der Waals surface area contributed by atoms with E-state index in [4.69, 9.17) is 8.83 Å². The van der Waals surface area contributed by atoms with E-state index in [1.165, 1.54) is 18.2 Å². The van der Waals surface area contributed by atoms with Crippen molar-refractivity contribution in [3.05, 3.63) is 55.6 Å². The Balaban J connectivity index is 2.35. The largest absolute Gasteiger partial charge is 0.507 e. The Morgan fingerprint density at radius 1 is 0.800 bits per heavy atom. The first-order valence-corrected chi connectivity index (χ1v) is 8.06. The Labute approximate surface area is 146 Å². The van der Waals surface area contributed by atoms with Crippen LogP contribution in [0.3, 0.4) is 0 Å². The quantitative estimate of drug-likeness (QED) is 0.233. The van der Waals surface area contributed by atoms with Gasteiger partial charge in [0.25, 0.3) is 0 Å². The van der Waals surface area contributed by atoms with Gasteiger partial charge in [0.2, 0.25) is 0 Å². The number of benzene rings is 3. The molecule has 122 valence electrons. The number of fused-ring (bicyclic) bond motifs is 2. The highest BCUT2D eigenvalue weighted by atomic mass is 79.9. The lowest BCUT2D eigenvalue weighted by atomic mass is 9.97. The molecule has 0 aliphatic carbocycles. The molecule has 0 saturated heterocycles. The summed E-state index contributed by atoms with van der Waals surface area (Å²) in [6, 6.07) is 7.59.